The summed E-state index contributed by atoms with van der Waals surface area (Å²) >= 11 is 0. The maximum absolute atomic E-state index is 12.6. The van der Waals surface area contributed by atoms with Gasteiger partial charge in [0.15, 0.2) is 0 Å². The molecule has 0 saturated carbocycles. The fourth-order valence-electron chi connectivity index (χ4n) is 3.35. The average Bonchev–Trinajstić information content (AvgIpc) is 3.12. The lowest BCUT2D eigenvalue weighted by molar-refractivity contribution is 0.102. The van der Waals surface area contributed by atoms with Crippen LogP contribution in [0.1, 0.15) is 34.5 Å². The number of hydrogen-bond donors (Lipinski definition) is 1. The average molecular weight is 346 g/mol. The van der Waals surface area contributed by atoms with E-state index in [1.54, 1.807) is 0 Å². The zero-order valence-corrected chi connectivity index (χ0v) is 14.7. The summed E-state index contributed by atoms with van der Waals surface area (Å²) in [6.45, 7) is 1.54. The molecule has 2 heterocycles. The van der Waals surface area contributed by atoms with Crippen molar-refractivity contribution in [2.24, 2.45) is 0 Å². The van der Waals surface area contributed by atoms with Crippen molar-refractivity contribution in [1.82, 2.24) is 4.57 Å². The smallest absolute Gasteiger partial charge is 0.257 e. The second kappa shape index (κ2) is 7.48. The molecular weight excluding hydrogens is 324 g/mol. The zero-order chi connectivity index (χ0) is 17.8. The maximum Gasteiger partial charge on any atom is 0.257 e. The van der Waals surface area contributed by atoms with Crippen LogP contribution in [0.3, 0.4) is 0 Å². The Labute approximate surface area is 153 Å². The molecule has 0 aliphatic carbocycles. The van der Waals surface area contributed by atoms with E-state index in [0.29, 0.717) is 6.61 Å². The van der Waals surface area contributed by atoms with Gasteiger partial charge in [-0.15, -0.1) is 0 Å². The lowest BCUT2D eigenvalue weighted by Crippen LogP contribution is -2.17. The van der Waals surface area contributed by atoms with Gasteiger partial charge in [0.05, 0.1) is 5.56 Å². The SMILES string of the molecule is O=C(Nc1ccc(OCc2ccccc2)cc1)c1ccn2c1CCCC2. The van der Waals surface area contributed by atoms with Crippen LogP contribution in [-0.2, 0) is 19.6 Å². The van der Waals surface area contributed by atoms with Gasteiger partial charge in [-0.2, -0.15) is 0 Å². The second-order valence-corrected chi connectivity index (χ2v) is 6.58. The quantitative estimate of drug-likeness (QED) is 0.730. The number of fused-ring (bicyclic) bond motifs is 1. The molecule has 0 atom stereocenters. The lowest BCUT2D eigenvalue weighted by atomic mass is 10.1. The van der Waals surface area contributed by atoms with Crippen molar-refractivity contribution in [3.63, 3.8) is 0 Å². The predicted molar refractivity (Wildman–Crippen MR) is 103 cm³/mol. The van der Waals surface area contributed by atoms with E-state index >= 15 is 0 Å². The van der Waals surface area contributed by atoms with E-state index < -0.39 is 0 Å². The third-order valence-electron chi connectivity index (χ3n) is 4.75. The number of amides is 1. The molecule has 4 nitrogen and oxygen atoms in total. The summed E-state index contributed by atoms with van der Waals surface area (Å²) in [4.78, 5) is 12.6. The minimum absolute atomic E-state index is 0.0430. The molecule has 0 fully saturated rings. The highest BCUT2D eigenvalue weighted by atomic mass is 16.5. The van der Waals surface area contributed by atoms with Crippen LogP contribution < -0.4 is 10.1 Å². The molecule has 3 aromatic rings. The van der Waals surface area contributed by atoms with Crippen molar-refractivity contribution >= 4 is 11.6 Å². The summed E-state index contributed by atoms with van der Waals surface area (Å²) in [5.41, 5.74) is 3.84. The first-order valence-corrected chi connectivity index (χ1v) is 9.06. The Morgan fingerprint density at radius 1 is 1.00 bits per heavy atom. The molecule has 2 aromatic carbocycles. The largest absolute Gasteiger partial charge is 0.489 e. The van der Waals surface area contributed by atoms with Crippen LogP contribution >= 0.6 is 0 Å². The summed E-state index contributed by atoms with van der Waals surface area (Å²) in [6.07, 6.45) is 5.33. The van der Waals surface area contributed by atoms with Crippen LogP contribution in [0, 0.1) is 0 Å². The minimum Gasteiger partial charge on any atom is -0.489 e. The minimum atomic E-state index is -0.0430. The number of nitrogens with zero attached hydrogens (tertiary/aromatic N) is 1. The Morgan fingerprint density at radius 2 is 1.81 bits per heavy atom. The summed E-state index contributed by atoms with van der Waals surface area (Å²) < 4.78 is 7.98. The van der Waals surface area contributed by atoms with Crippen LogP contribution in [0.2, 0.25) is 0 Å². The predicted octanol–water partition coefficient (Wildman–Crippen LogP) is 4.66. The first-order valence-electron chi connectivity index (χ1n) is 9.06. The van der Waals surface area contributed by atoms with Gasteiger partial charge in [-0.3, -0.25) is 4.79 Å². The van der Waals surface area contributed by atoms with Gasteiger partial charge in [-0.1, -0.05) is 30.3 Å². The number of anilines is 1. The van der Waals surface area contributed by atoms with Crippen molar-refractivity contribution in [2.75, 3.05) is 5.32 Å². The molecule has 0 radical (unpaired) electrons. The monoisotopic (exact) mass is 346 g/mol. The number of nitrogens with one attached hydrogen (secondary N) is 1. The standard InChI is InChI=1S/C22H22N2O2/c25-22(20-13-15-24-14-5-4-8-21(20)24)23-18-9-11-19(12-10-18)26-16-17-6-2-1-3-7-17/h1-3,6-7,9-13,15H,4-5,8,14,16H2,(H,23,25). The molecule has 0 bridgehead atoms. The molecular formula is C22H22N2O2. The zero-order valence-electron chi connectivity index (χ0n) is 14.7. The Morgan fingerprint density at radius 3 is 2.62 bits per heavy atom. The number of rotatable bonds is 5. The topological polar surface area (TPSA) is 43.3 Å². The summed E-state index contributed by atoms with van der Waals surface area (Å²) in [5, 5.41) is 2.99. The van der Waals surface area contributed by atoms with Gasteiger partial charge in [0, 0.05) is 24.1 Å². The third kappa shape index (κ3) is 3.64. The highest BCUT2D eigenvalue weighted by molar-refractivity contribution is 6.05. The third-order valence-corrected chi connectivity index (χ3v) is 4.75. The highest BCUT2D eigenvalue weighted by Gasteiger charge is 2.18. The molecule has 0 spiro atoms. The number of carbonyl (C=O) groups is 1. The Bertz CT molecular complexity index is 882. The second-order valence-electron chi connectivity index (χ2n) is 6.58. The van der Waals surface area contributed by atoms with Gasteiger partial charge in [0.2, 0.25) is 0 Å². The van der Waals surface area contributed by atoms with E-state index in [9.17, 15) is 4.79 Å². The van der Waals surface area contributed by atoms with Crippen LogP contribution in [0.5, 0.6) is 5.75 Å². The number of aromatic nitrogens is 1. The van der Waals surface area contributed by atoms with E-state index in [1.165, 1.54) is 6.42 Å². The Kier molecular flexibility index (Phi) is 4.73. The van der Waals surface area contributed by atoms with Crippen LogP contribution in [0.25, 0.3) is 0 Å². The number of hydrogen-bond acceptors (Lipinski definition) is 2. The van der Waals surface area contributed by atoms with Gasteiger partial charge >= 0.3 is 0 Å². The van der Waals surface area contributed by atoms with E-state index in [1.807, 2.05) is 66.9 Å². The molecule has 1 aliphatic rings. The molecule has 132 valence electrons. The van der Waals surface area contributed by atoms with Crippen molar-refractivity contribution < 1.29 is 9.53 Å². The Hall–Kier alpha value is -3.01. The van der Waals surface area contributed by atoms with Gasteiger partial charge in [-0.25, -0.2) is 0 Å². The molecule has 1 aliphatic heterocycles. The van der Waals surface area contributed by atoms with E-state index in [-0.39, 0.29) is 5.91 Å². The Balaban J connectivity index is 1.38. The first-order chi connectivity index (χ1) is 12.8. The fourth-order valence-corrected chi connectivity index (χ4v) is 3.35. The summed E-state index contributed by atoms with van der Waals surface area (Å²) in [5.74, 6) is 0.742. The van der Waals surface area contributed by atoms with Gasteiger partial charge in [0.25, 0.3) is 5.91 Å². The first kappa shape index (κ1) is 16.5. The highest BCUT2D eigenvalue weighted by Crippen LogP contribution is 2.22. The number of aryl methyl sites for hydroxylation is 1. The van der Waals surface area contributed by atoms with E-state index in [2.05, 4.69) is 9.88 Å². The van der Waals surface area contributed by atoms with Crippen LogP contribution in [0.4, 0.5) is 5.69 Å². The van der Waals surface area contributed by atoms with Crippen molar-refractivity contribution in [3.05, 3.63) is 83.7 Å². The number of carbonyl (C=O) groups excluding carboxylic acids is 1. The van der Waals surface area contributed by atoms with Gasteiger partial charge < -0.3 is 14.6 Å². The van der Waals surface area contributed by atoms with Crippen molar-refractivity contribution in [2.45, 2.75) is 32.4 Å². The normalized spacial score (nSPS) is 13.1. The van der Waals surface area contributed by atoms with Crippen LogP contribution in [-0.4, -0.2) is 10.5 Å². The molecule has 1 aromatic heterocycles. The van der Waals surface area contributed by atoms with Crippen molar-refractivity contribution in [3.8, 4) is 5.75 Å². The number of benzene rings is 2. The maximum atomic E-state index is 12.6. The van der Waals surface area contributed by atoms with Gasteiger partial charge in [0.1, 0.15) is 12.4 Å². The molecule has 4 heteroatoms. The van der Waals surface area contributed by atoms with E-state index in [0.717, 1.165) is 47.6 Å². The molecule has 1 N–H and O–H groups in total. The van der Waals surface area contributed by atoms with Gasteiger partial charge in [-0.05, 0) is 55.2 Å². The summed E-state index contributed by atoms with van der Waals surface area (Å²) in [6, 6.07) is 19.5. The van der Waals surface area contributed by atoms with Crippen molar-refractivity contribution in [1.29, 1.82) is 0 Å². The molecule has 0 unspecified atom stereocenters. The van der Waals surface area contributed by atoms with E-state index in [4.69, 9.17) is 4.74 Å². The molecule has 0 saturated heterocycles. The number of ether oxygens (including phenoxy) is 1. The molecule has 26 heavy (non-hydrogen) atoms. The fraction of sp³-hybridized carbons (Fsp3) is 0.227. The lowest BCUT2D eigenvalue weighted by Gasteiger charge is -2.16. The summed E-state index contributed by atoms with van der Waals surface area (Å²) in [7, 11) is 0. The molecule has 1 amide bonds. The van der Waals surface area contributed by atoms with Crippen LogP contribution in [0.15, 0.2) is 66.9 Å². The molecule has 4 rings (SSSR count).